The average molecular weight is 732 g/mol. The summed E-state index contributed by atoms with van der Waals surface area (Å²) in [5, 5.41) is 10.1. The maximum atomic E-state index is 13.2. The van der Waals surface area contributed by atoms with Crippen LogP contribution in [0.15, 0.2) is 57.9 Å². The number of aryl methyl sites for hydroxylation is 1. The number of carbonyl (C=O) groups is 3. The highest BCUT2D eigenvalue weighted by molar-refractivity contribution is 9.10. The highest BCUT2D eigenvalue weighted by Gasteiger charge is 2.40. The van der Waals surface area contributed by atoms with Gasteiger partial charge in [0.05, 0.1) is 11.9 Å². The van der Waals surface area contributed by atoms with Crippen molar-refractivity contribution < 1.29 is 14.4 Å². The van der Waals surface area contributed by atoms with Gasteiger partial charge in [0.1, 0.15) is 10.5 Å². The summed E-state index contributed by atoms with van der Waals surface area (Å²) in [7, 11) is 3.79. The van der Waals surface area contributed by atoms with E-state index in [1.165, 1.54) is 15.8 Å². The molecule has 4 aliphatic rings. The Morgan fingerprint density at radius 1 is 0.939 bits per heavy atom. The number of likely N-dealkylation sites (N-methyl/N-ethyl adjacent to an activating group) is 1. The summed E-state index contributed by atoms with van der Waals surface area (Å²) in [6, 6.07) is 14.6. The third kappa shape index (κ3) is 7.21. The molecule has 3 atom stereocenters. The highest BCUT2D eigenvalue weighted by atomic mass is 79.9. The molecule has 0 aliphatic carbocycles. The van der Waals surface area contributed by atoms with Crippen LogP contribution in [0, 0.1) is 0 Å². The summed E-state index contributed by atoms with van der Waals surface area (Å²) < 4.78 is 1.84. The molecule has 2 N–H and O–H groups in total. The quantitative estimate of drug-likeness (QED) is 0.337. The standard InChI is InChI=1S/C36H43BrN8O4/c1-41-19-26(16-27(21-41)39-30-17-38-42(2)36(49)33(30)37)24-8-6-23(7-9-24)18-43-12-14-44(15-13-43)20-25-4-3-5-28-29(25)22-45(35(28)48)31-10-11-32(46)40-34(31)47/h3-9,17,26-27,31,39H,10-16,18-22H2,1-2H3,(H,40,46,47)/t26-,27+,31?/m0/s1. The van der Waals surface area contributed by atoms with Crippen LogP contribution in [0.2, 0.25) is 0 Å². The van der Waals surface area contributed by atoms with Gasteiger partial charge in [-0.25, -0.2) is 4.68 Å². The molecule has 1 unspecified atom stereocenters. The van der Waals surface area contributed by atoms with Gasteiger partial charge < -0.3 is 15.1 Å². The van der Waals surface area contributed by atoms with Crippen molar-refractivity contribution >= 4 is 39.3 Å². The molecule has 0 radical (unpaired) electrons. The minimum Gasteiger partial charge on any atom is -0.379 e. The van der Waals surface area contributed by atoms with E-state index >= 15 is 0 Å². The fraction of sp³-hybridized carbons (Fsp3) is 0.472. The van der Waals surface area contributed by atoms with E-state index in [2.05, 4.69) is 83.7 Å². The van der Waals surface area contributed by atoms with E-state index in [1.807, 2.05) is 12.1 Å². The monoisotopic (exact) mass is 730 g/mol. The molecule has 49 heavy (non-hydrogen) atoms. The fourth-order valence-corrected chi connectivity index (χ4v) is 8.27. The van der Waals surface area contributed by atoms with Crippen molar-refractivity contribution in [2.24, 2.45) is 7.05 Å². The fourth-order valence-electron chi connectivity index (χ4n) is 7.79. The molecule has 12 nitrogen and oxygen atoms in total. The van der Waals surface area contributed by atoms with Gasteiger partial charge in [0.2, 0.25) is 11.8 Å². The maximum Gasteiger partial charge on any atom is 0.282 e. The third-order valence-electron chi connectivity index (χ3n) is 10.5. The second-order valence-corrected chi connectivity index (χ2v) is 14.7. The van der Waals surface area contributed by atoms with Crippen molar-refractivity contribution in [1.82, 2.24) is 34.7 Å². The van der Waals surface area contributed by atoms with Gasteiger partial charge in [-0.2, -0.15) is 5.10 Å². The number of fused-ring (bicyclic) bond motifs is 1. The molecular weight excluding hydrogens is 688 g/mol. The minimum atomic E-state index is -0.598. The van der Waals surface area contributed by atoms with Crippen molar-refractivity contribution in [3.8, 4) is 0 Å². The number of likely N-dealkylation sites (tertiary alicyclic amines) is 1. The molecule has 3 saturated heterocycles. The summed E-state index contributed by atoms with van der Waals surface area (Å²) in [5.41, 5.74) is 6.02. The Balaban J connectivity index is 0.914. The zero-order valence-corrected chi connectivity index (χ0v) is 29.6. The Morgan fingerprint density at radius 2 is 1.67 bits per heavy atom. The topological polar surface area (TPSA) is 123 Å². The van der Waals surface area contributed by atoms with Gasteiger partial charge >= 0.3 is 0 Å². The van der Waals surface area contributed by atoms with Crippen LogP contribution in [0.5, 0.6) is 0 Å². The first kappa shape index (κ1) is 33.6. The number of nitrogens with one attached hydrogen (secondary N) is 2. The number of nitrogens with zero attached hydrogens (tertiary/aromatic N) is 6. The van der Waals surface area contributed by atoms with E-state index in [9.17, 15) is 19.2 Å². The molecule has 4 aliphatic heterocycles. The number of hydrogen-bond donors (Lipinski definition) is 2. The van der Waals surface area contributed by atoms with Gasteiger partial charge in [0.15, 0.2) is 0 Å². The minimum absolute atomic E-state index is 0.125. The van der Waals surface area contributed by atoms with Crippen LogP contribution >= 0.6 is 15.9 Å². The Morgan fingerprint density at radius 3 is 2.41 bits per heavy atom. The molecule has 0 spiro atoms. The lowest BCUT2D eigenvalue weighted by molar-refractivity contribution is -0.136. The molecule has 0 bridgehead atoms. The second-order valence-electron chi connectivity index (χ2n) is 13.9. The Labute approximate surface area is 294 Å². The Hall–Kier alpha value is -3.91. The normalized spacial score (nSPS) is 23.9. The zero-order chi connectivity index (χ0) is 34.2. The number of piperidine rings is 2. The van der Waals surface area contributed by atoms with Gasteiger partial charge in [-0.3, -0.25) is 34.3 Å². The van der Waals surface area contributed by atoms with Crippen molar-refractivity contribution in [2.45, 2.75) is 56.9 Å². The lowest BCUT2D eigenvalue weighted by Gasteiger charge is -2.37. The molecule has 13 heteroatoms. The molecule has 258 valence electrons. The number of halogens is 1. The van der Waals surface area contributed by atoms with E-state index in [0.29, 0.717) is 28.9 Å². The molecular formula is C36H43BrN8O4. The molecule has 2 aromatic carbocycles. The molecule has 5 heterocycles. The van der Waals surface area contributed by atoms with E-state index in [4.69, 9.17) is 0 Å². The summed E-state index contributed by atoms with van der Waals surface area (Å²) >= 11 is 3.44. The third-order valence-corrected chi connectivity index (χ3v) is 11.2. The molecule has 0 saturated carbocycles. The highest BCUT2D eigenvalue weighted by Crippen LogP contribution is 2.32. The molecule has 7 rings (SSSR count). The van der Waals surface area contributed by atoms with Crippen LogP contribution < -0.4 is 16.2 Å². The first-order valence-corrected chi connectivity index (χ1v) is 17.9. The molecule has 1 aromatic heterocycles. The number of rotatable bonds is 8. The number of carbonyl (C=O) groups excluding carboxylic acids is 3. The van der Waals surface area contributed by atoms with Gasteiger partial charge in [-0.15, -0.1) is 0 Å². The first-order chi connectivity index (χ1) is 23.6. The predicted molar refractivity (Wildman–Crippen MR) is 189 cm³/mol. The number of amides is 3. The molecule has 3 fully saturated rings. The maximum absolute atomic E-state index is 13.2. The van der Waals surface area contributed by atoms with Crippen LogP contribution in [0.3, 0.4) is 0 Å². The smallest absolute Gasteiger partial charge is 0.282 e. The number of piperazine rings is 1. The van der Waals surface area contributed by atoms with Gasteiger partial charge in [-0.1, -0.05) is 36.4 Å². The largest absolute Gasteiger partial charge is 0.379 e. The lowest BCUT2D eigenvalue weighted by Crippen LogP contribution is -2.52. The number of aromatic nitrogens is 2. The van der Waals surface area contributed by atoms with Gasteiger partial charge in [0, 0.05) is 84.0 Å². The van der Waals surface area contributed by atoms with Crippen molar-refractivity contribution in [1.29, 1.82) is 0 Å². The van der Waals surface area contributed by atoms with E-state index in [0.717, 1.165) is 75.6 Å². The van der Waals surface area contributed by atoms with Crippen LogP contribution in [-0.2, 0) is 36.3 Å². The summed E-state index contributed by atoms with van der Waals surface area (Å²) in [6.45, 7) is 7.77. The summed E-state index contributed by atoms with van der Waals surface area (Å²) in [5.74, 6) is -0.389. The molecule has 3 amide bonds. The number of hydrogen-bond acceptors (Lipinski definition) is 9. The van der Waals surface area contributed by atoms with Crippen LogP contribution in [0.1, 0.15) is 57.8 Å². The van der Waals surface area contributed by atoms with Crippen molar-refractivity contribution in [2.75, 3.05) is 51.6 Å². The van der Waals surface area contributed by atoms with Crippen LogP contribution in [0.25, 0.3) is 0 Å². The van der Waals surface area contributed by atoms with E-state index in [-0.39, 0.29) is 35.7 Å². The average Bonchev–Trinajstić information content (AvgIpc) is 3.42. The van der Waals surface area contributed by atoms with Crippen molar-refractivity contribution in [3.63, 3.8) is 0 Å². The van der Waals surface area contributed by atoms with Crippen molar-refractivity contribution in [3.05, 3.63) is 91.3 Å². The van der Waals surface area contributed by atoms with E-state index in [1.54, 1.807) is 18.1 Å². The zero-order valence-electron chi connectivity index (χ0n) is 28.0. The Kier molecular flexibility index (Phi) is 9.69. The van der Waals surface area contributed by atoms with Crippen LogP contribution in [-0.4, -0.2) is 106 Å². The van der Waals surface area contributed by atoms with Gasteiger partial charge in [-0.05, 0) is 70.1 Å². The number of imide groups is 1. The SMILES string of the molecule is CN1C[C@H](Nc2cnn(C)c(=O)c2Br)C[C@H](c2ccc(CN3CCN(Cc4cccc5c4CN(C4CCC(=O)NC4=O)C5=O)CC3)cc2)C1. The first-order valence-electron chi connectivity index (χ1n) is 17.1. The number of anilines is 1. The lowest BCUT2D eigenvalue weighted by atomic mass is 9.87. The number of benzene rings is 2. The second kappa shape index (κ2) is 14.1. The van der Waals surface area contributed by atoms with Crippen LogP contribution in [0.4, 0.5) is 5.69 Å². The summed E-state index contributed by atoms with van der Waals surface area (Å²) in [4.78, 5) is 58.6. The summed E-state index contributed by atoms with van der Waals surface area (Å²) in [6.07, 6.45) is 3.31. The molecule has 3 aromatic rings. The predicted octanol–water partition coefficient (Wildman–Crippen LogP) is 2.52. The van der Waals surface area contributed by atoms with Gasteiger partial charge in [0.25, 0.3) is 11.5 Å². The Bertz CT molecular complexity index is 1810. The van der Waals surface area contributed by atoms with E-state index < -0.39 is 6.04 Å².